The topological polar surface area (TPSA) is 91.2 Å². The van der Waals surface area contributed by atoms with Gasteiger partial charge >= 0.3 is 5.97 Å². The Balaban J connectivity index is 2.11. The summed E-state index contributed by atoms with van der Waals surface area (Å²) < 4.78 is 9.55. The third kappa shape index (κ3) is 2.11. The number of hydrogen-bond acceptors (Lipinski definition) is 6. The number of carbonyl (C=O) groups excluding carboxylic acids is 1. The van der Waals surface area contributed by atoms with Gasteiger partial charge in [0.2, 0.25) is 5.76 Å². The predicted octanol–water partition coefficient (Wildman–Crippen LogP) is 0.871. The van der Waals surface area contributed by atoms with Crippen LogP contribution in [0.4, 0.5) is 5.82 Å². The molecule has 0 saturated heterocycles. The van der Waals surface area contributed by atoms with Gasteiger partial charge in [-0.3, -0.25) is 4.98 Å². The van der Waals surface area contributed by atoms with Gasteiger partial charge in [-0.15, -0.1) is 0 Å². The molecular weight excluding hydrogens is 198 g/mol. The van der Waals surface area contributed by atoms with E-state index in [0.29, 0.717) is 5.75 Å². The van der Waals surface area contributed by atoms with E-state index in [0.717, 1.165) is 0 Å². The van der Waals surface area contributed by atoms with Gasteiger partial charge in [0.25, 0.3) is 0 Å². The number of nitrogen functional groups attached to an aromatic ring is 1. The lowest BCUT2D eigenvalue weighted by Crippen LogP contribution is -2.07. The fourth-order valence-electron chi connectivity index (χ4n) is 0.950. The van der Waals surface area contributed by atoms with E-state index in [1.807, 2.05) is 0 Å². The summed E-state index contributed by atoms with van der Waals surface area (Å²) in [5, 5.41) is 3.37. The number of ether oxygens (including phenoxy) is 1. The van der Waals surface area contributed by atoms with Crippen molar-refractivity contribution in [1.29, 1.82) is 0 Å². The number of hydrogen-bond donors (Lipinski definition) is 1. The van der Waals surface area contributed by atoms with E-state index >= 15 is 0 Å². The maximum atomic E-state index is 11.4. The Morgan fingerprint density at radius 2 is 2.40 bits per heavy atom. The molecule has 0 aliphatic rings. The smallest absolute Gasteiger partial charge is 0.382 e. The van der Waals surface area contributed by atoms with Crippen LogP contribution >= 0.6 is 0 Å². The summed E-state index contributed by atoms with van der Waals surface area (Å²) >= 11 is 0. The molecule has 2 rings (SSSR count). The number of pyridine rings is 1. The SMILES string of the molecule is Nc1cc(C(=O)Oc2cccnc2)on1. The second-order valence-electron chi connectivity index (χ2n) is 2.69. The van der Waals surface area contributed by atoms with E-state index in [1.54, 1.807) is 18.3 Å². The van der Waals surface area contributed by atoms with E-state index in [-0.39, 0.29) is 11.6 Å². The molecule has 0 aliphatic carbocycles. The molecule has 0 amide bonds. The predicted molar refractivity (Wildman–Crippen MR) is 50.1 cm³/mol. The number of rotatable bonds is 2. The molecule has 76 valence electrons. The van der Waals surface area contributed by atoms with Gasteiger partial charge < -0.3 is 15.0 Å². The quantitative estimate of drug-likeness (QED) is 0.731. The molecule has 0 atom stereocenters. The van der Waals surface area contributed by atoms with E-state index in [9.17, 15) is 4.79 Å². The summed E-state index contributed by atoms with van der Waals surface area (Å²) in [6.07, 6.45) is 2.99. The van der Waals surface area contributed by atoms with Gasteiger partial charge in [0.1, 0.15) is 5.75 Å². The van der Waals surface area contributed by atoms with Crippen molar-refractivity contribution < 1.29 is 14.1 Å². The van der Waals surface area contributed by atoms with Crippen molar-refractivity contribution in [2.75, 3.05) is 5.73 Å². The first kappa shape index (κ1) is 9.20. The molecule has 0 radical (unpaired) electrons. The minimum Gasteiger partial charge on any atom is -0.419 e. The van der Waals surface area contributed by atoms with E-state index in [4.69, 9.17) is 10.5 Å². The Bertz CT molecular complexity index is 466. The van der Waals surface area contributed by atoms with E-state index in [2.05, 4.69) is 14.7 Å². The Hall–Kier alpha value is -2.37. The normalized spacial score (nSPS) is 9.87. The number of anilines is 1. The first-order valence-corrected chi connectivity index (χ1v) is 4.10. The molecule has 0 fully saturated rings. The molecule has 0 aromatic carbocycles. The van der Waals surface area contributed by atoms with Gasteiger partial charge in [-0.1, -0.05) is 5.16 Å². The van der Waals surface area contributed by atoms with Gasteiger partial charge in [0, 0.05) is 12.3 Å². The Labute approximate surface area is 84.7 Å². The van der Waals surface area contributed by atoms with Gasteiger partial charge in [-0.05, 0) is 12.1 Å². The minimum absolute atomic E-state index is 0.0450. The van der Waals surface area contributed by atoms with Crippen molar-refractivity contribution in [2.24, 2.45) is 0 Å². The third-order valence-corrected chi connectivity index (χ3v) is 1.57. The average molecular weight is 205 g/mol. The number of aromatic nitrogens is 2. The number of esters is 1. The lowest BCUT2D eigenvalue weighted by atomic mass is 10.4. The monoisotopic (exact) mass is 205 g/mol. The highest BCUT2D eigenvalue weighted by Gasteiger charge is 2.14. The number of nitrogens with zero attached hydrogens (tertiary/aromatic N) is 2. The summed E-state index contributed by atoms with van der Waals surface area (Å²) in [6.45, 7) is 0. The molecule has 0 saturated carbocycles. The van der Waals surface area contributed by atoms with Crippen molar-refractivity contribution in [3.05, 3.63) is 36.4 Å². The van der Waals surface area contributed by atoms with Crippen LogP contribution in [0.15, 0.2) is 35.1 Å². The second kappa shape index (κ2) is 3.79. The van der Waals surface area contributed by atoms with E-state index in [1.165, 1.54) is 12.3 Å². The molecule has 0 aliphatic heterocycles. The molecule has 0 unspecified atom stereocenters. The third-order valence-electron chi connectivity index (χ3n) is 1.57. The van der Waals surface area contributed by atoms with Crippen molar-refractivity contribution >= 4 is 11.8 Å². The van der Waals surface area contributed by atoms with Gasteiger partial charge in [0.05, 0.1) is 6.20 Å². The molecule has 15 heavy (non-hydrogen) atoms. The molecule has 6 heteroatoms. The average Bonchev–Trinajstić information content (AvgIpc) is 2.66. The van der Waals surface area contributed by atoms with Crippen molar-refractivity contribution in [3.8, 4) is 5.75 Å². The highest BCUT2D eigenvalue weighted by molar-refractivity contribution is 5.88. The zero-order valence-corrected chi connectivity index (χ0v) is 7.58. The summed E-state index contributed by atoms with van der Waals surface area (Å²) in [4.78, 5) is 15.2. The molecule has 0 spiro atoms. The van der Waals surface area contributed by atoms with Gasteiger partial charge in [-0.2, -0.15) is 0 Å². The van der Waals surface area contributed by atoms with Crippen molar-refractivity contribution in [3.63, 3.8) is 0 Å². The summed E-state index contributed by atoms with van der Waals surface area (Å²) in [7, 11) is 0. The lowest BCUT2D eigenvalue weighted by molar-refractivity contribution is 0.0690. The molecule has 2 aromatic rings. The minimum atomic E-state index is -0.660. The standard InChI is InChI=1S/C9H7N3O3/c10-8-4-7(15-12-8)9(13)14-6-2-1-3-11-5-6/h1-5H,(H2,10,12). The zero-order chi connectivity index (χ0) is 10.7. The van der Waals surface area contributed by atoms with Crippen LogP contribution in [0.3, 0.4) is 0 Å². The van der Waals surface area contributed by atoms with Crippen LogP contribution < -0.4 is 10.5 Å². The number of carbonyl (C=O) groups is 1. The van der Waals surface area contributed by atoms with Crippen LogP contribution in [0.2, 0.25) is 0 Å². The van der Waals surface area contributed by atoms with Crippen LogP contribution in [0.25, 0.3) is 0 Å². The van der Waals surface area contributed by atoms with Crippen LogP contribution in [0.1, 0.15) is 10.6 Å². The van der Waals surface area contributed by atoms with Crippen molar-refractivity contribution in [1.82, 2.24) is 10.1 Å². The summed E-state index contributed by atoms with van der Waals surface area (Å²) in [5.41, 5.74) is 5.28. The van der Waals surface area contributed by atoms with Crippen LogP contribution in [-0.4, -0.2) is 16.1 Å². The Morgan fingerprint density at radius 3 is 3.00 bits per heavy atom. The first-order chi connectivity index (χ1) is 7.25. The van der Waals surface area contributed by atoms with Crippen molar-refractivity contribution in [2.45, 2.75) is 0 Å². The molecule has 6 nitrogen and oxygen atoms in total. The molecule has 2 heterocycles. The Morgan fingerprint density at radius 1 is 1.53 bits per heavy atom. The van der Waals surface area contributed by atoms with Crippen LogP contribution in [0.5, 0.6) is 5.75 Å². The zero-order valence-electron chi connectivity index (χ0n) is 7.58. The highest BCUT2D eigenvalue weighted by Crippen LogP contribution is 2.11. The maximum Gasteiger partial charge on any atom is 0.382 e. The summed E-state index contributed by atoms with van der Waals surface area (Å²) in [6, 6.07) is 4.54. The summed E-state index contributed by atoms with van der Waals surface area (Å²) in [5.74, 6) is -0.242. The van der Waals surface area contributed by atoms with Gasteiger partial charge in [-0.25, -0.2) is 4.79 Å². The van der Waals surface area contributed by atoms with Crippen LogP contribution in [-0.2, 0) is 0 Å². The maximum absolute atomic E-state index is 11.4. The molecule has 2 aromatic heterocycles. The molecule has 2 N–H and O–H groups in total. The molecule has 0 bridgehead atoms. The van der Waals surface area contributed by atoms with Crippen LogP contribution in [0, 0.1) is 0 Å². The molecular formula is C9H7N3O3. The fourth-order valence-corrected chi connectivity index (χ4v) is 0.950. The first-order valence-electron chi connectivity index (χ1n) is 4.10. The largest absolute Gasteiger partial charge is 0.419 e. The highest BCUT2D eigenvalue weighted by atomic mass is 16.6. The van der Waals surface area contributed by atoms with E-state index < -0.39 is 5.97 Å². The number of nitrogens with two attached hydrogens (primary N) is 1. The second-order valence-corrected chi connectivity index (χ2v) is 2.69. The lowest BCUT2D eigenvalue weighted by Gasteiger charge is -1.98. The van der Waals surface area contributed by atoms with Gasteiger partial charge in [0.15, 0.2) is 5.82 Å². The fraction of sp³-hybridized carbons (Fsp3) is 0. The Kier molecular flexibility index (Phi) is 2.32.